The Morgan fingerprint density at radius 3 is 2.32 bits per heavy atom. The number of hydrogen-bond donors (Lipinski definition) is 0. The van der Waals surface area contributed by atoms with Gasteiger partial charge in [0.05, 0.1) is 0 Å². The van der Waals surface area contributed by atoms with E-state index in [1.165, 1.54) is 5.56 Å². The first-order valence-corrected chi connectivity index (χ1v) is 8.04. The molecule has 1 aliphatic rings. The highest BCUT2D eigenvalue weighted by atomic mass is 35.5. The molecule has 1 saturated heterocycles. The molecule has 116 valence electrons. The second-order valence-electron chi connectivity index (χ2n) is 5.28. The van der Waals surface area contributed by atoms with Gasteiger partial charge in [-0.1, -0.05) is 30.3 Å². The standard InChI is InChI=1S/C15H17Cl2N5/c16-13-18-14(17)20-15(19-13)22-8-4-7-21(9-10-22)11-12-5-2-1-3-6-12/h1-3,5-6H,4,7-11H2. The summed E-state index contributed by atoms with van der Waals surface area (Å²) in [6.45, 7) is 4.71. The predicted octanol–water partition coefficient (Wildman–Crippen LogP) is 2.89. The van der Waals surface area contributed by atoms with Gasteiger partial charge in [-0.2, -0.15) is 15.0 Å². The molecule has 1 aromatic heterocycles. The summed E-state index contributed by atoms with van der Waals surface area (Å²) in [6.07, 6.45) is 1.05. The monoisotopic (exact) mass is 337 g/mol. The van der Waals surface area contributed by atoms with Gasteiger partial charge in [0.25, 0.3) is 0 Å². The third kappa shape index (κ3) is 4.06. The summed E-state index contributed by atoms with van der Waals surface area (Å²) in [6, 6.07) is 10.5. The van der Waals surface area contributed by atoms with Gasteiger partial charge in [0.15, 0.2) is 0 Å². The topological polar surface area (TPSA) is 45.2 Å². The van der Waals surface area contributed by atoms with Crippen LogP contribution in [0.3, 0.4) is 0 Å². The normalized spacial score (nSPS) is 16.5. The van der Waals surface area contributed by atoms with Crippen LogP contribution in [0, 0.1) is 0 Å². The molecule has 0 saturated carbocycles. The molecule has 22 heavy (non-hydrogen) atoms. The molecule has 0 spiro atoms. The minimum absolute atomic E-state index is 0.139. The molecule has 0 amide bonds. The number of halogens is 2. The lowest BCUT2D eigenvalue weighted by Crippen LogP contribution is -2.31. The summed E-state index contributed by atoms with van der Waals surface area (Å²) in [7, 11) is 0. The van der Waals surface area contributed by atoms with Crippen molar-refractivity contribution in [2.75, 3.05) is 31.1 Å². The second-order valence-corrected chi connectivity index (χ2v) is 5.95. The van der Waals surface area contributed by atoms with Crippen LogP contribution < -0.4 is 4.90 Å². The molecule has 0 N–H and O–H groups in total. The average Bonchev–Trinajstić information content (AvgIpc) is 2.73. The van der Waals surface area contributed by atoms with Crippen molar-refractivity contribution in [2.45, 2.75) is 13.0 Å². The van der Waals surface area contributed by atoms with E-state index in [1.54, 1.807) is 0 Å². The van der Waals surface area contributed by atoms with E-state index in [0.717, 1.165) is 39.1 Å². The summed E-state index contributed by atoms with van der Waals surface area (Å²) in [5.74, 6) is 0.562. The van der Waals surface area contributed by atoms with Crippen LogP contribution in [-0.4, -0.2) is 46.0 Å². The third-order valence-electron chi connectivity index (χ3n) is 3.69. The van der Waals surface area contributed by atoms with Crippen molar-refractivity contribution in [2.24, 2.45) is 0 Å². The van der Waals surface area contributed by atoms with Crippen LogP contribution in [0.1, 0.15) is 12.0 Å². The van der Waals surface area contributed by atoms with Crippen LogP contribution in [0.5, 0.6) is 0 Å². The molecule has 2 aromatic rings. The molecule has 3 rings (SSSR count). The summed E-state index contributed by atoms with van der Waals surface area (Å²) < 4.78 is 0. The van der Waals surface area contributed by atoms with Crippen molar-refractivity contribution in [1.29, 1.82) is 0 Å². The maximum atomic E-state index is 5.86. The first-order chi connectivity index (χ1) is 10.7. The summed E-state index contributed by atoms with van der Waals surface area (Å²) in [4.78, 5) is 16.7. The van der Waals surface area contributed by atoms with Crippen LogP contribution in [0.15, 0.2) is 30.3 Å². The lowest BCUT2D eigenvalue weighted by molar-refractivity contribution is 0.285. The van der Waals surface area contributed by atoms with E-state index in [9.17, 15) is 0 Å². The van der Waals surface area contributed by atoms with Crippen molar-refractivity contribution in [3.63, 3.8) is 0 Å². The van der Waals surface area contributed by atoms with Gasteiger partial charge >= 0.3 is 0 Å². The Morgan fingerprint density at radius 2 is 1.59 bits per heavy atom. The Balaban J connectivity index is 1.64. The summed E-state index contributed by atoms with van der Waals surface area (Å²) in [5, 5.41) is 0.278. The molecular formula is C15H17Cl2N5. The molecule has 0 atom stereocenters. The highest BCUT2D eigenvalue weighted by molar-refractivity contribution is 6.31. The number of aromatic nitrogens is 3. The van der Waals surface area contributed by atoms with Crippen molar-refractivity contribution in [1.82, 2.24) is 19.9 Å². The van der Waals surface area contributed by atoms with Gasteiger partial charge in [-0.25, -0.2) is 0 Å². The Bertz CT molecular complexity index is 602. The second kappa shape index (κ2) is 7.22. The molecule has 0 bridgehead atoms. The van der Waals surface area contributed by atoms with E-state index >= 15 is 0 Å². The highest BCUT2D eigenvalue weighted by Gasteiger charge is 2.18. The van der Waals surface area contributed by atoms with Crippen LogP contribution >= 0.6 is 23.2 Å². The fraction of sp³-hybridized carbons (Fsp3) is 0.400. The molecule has 0 unspecified atom stereocenters. The quantitative estimate of drug-likeness (QED) is 0.861. The van der Waals surface area contributed by atoms with Gasteiger partial charge in [-0.05, 0) is 35.2 Å². The van der Waals surface area contributed by atoms with E-state index in [4.69, 9.17) is 23.2 Å². The first kappa shape index (κ1) is 15.5. The van der Waals surface area contributed by atoms with Crippen molar-refractivity contribution < 1.29 is 0 Å². The van der Waals surface area contributed by atoms with E-state index in [1.807, 2.05) is 6.07 Å². The largest absolute Gasteiger partial charge is 0.339 e. The summed E-state index contributed by atoms with van der Waals surface area (Å²) in [5.41, 5.74) is 1.34. The van der Waals surface area contributed by atoms with Gasteiger partial charge in [0.1, 0.15) is 0 Å². The van der Waals surface area contributed by atoms with Crippen LogP contribution in [0.25, 0.3) is 0 Å². The zero-order chi connectivity index (χ0) is 15.4. The van der Waals surface area contributed by atoms with Gasteiger partial charge < -0.3 is 4.90 Å². The van der Waals surface area contributed by atoms with Gasteiger partial charge in [0.2, 0.25) is 16.5 Å². The number of hydrogen-bond acceptors (Lipinski definition) is 5. The zero-order valence-electron chi connectivity index (χ0n) is 12.1. The Labute approximate surface area is 139 Å². The fourth-order valence-electron chi connectivity index (χ4n) is 2.63. The molecular weight excluding hydrogens is 321 g/mol. The van der Waals surface area contributed by atoms with E-state index in [0.29, 0.717) is 5.95 Å². The van der Waals surface area contributed by atoms with Crippen LogP contribution in [0.4, 0.5) is 5.95 Å². The smallest absolute Gasteiger partial charge is 0.231 e. The Hall–Kier alpha value is -1.43. The first-order valence-electron chi connectivity index (χ1n) is 7.29. The van der Waals surface area contributed by atoms with Gasteiger partial charge in [-0.3, -0.25) is 4.90 Å². The maximum absolute atomic E-state index is 5.86. The third-order valence-corrected chi connectivity index (χ3v) is 4.03. The molecule has 2 heterocycles. The van der Waals surface area contributed by atoms with Crippen molar-refractivity contribution in [3.05, 3.63) is 46.5 Å². The minimum atomic E-state index is 0.139. The van der Waals surface area contributed by atoms with Gasteiger partial charge in [0, 0.05) is 32.7 Å². The van der Waals surface area contributed by atoms with Crippen LogP contribution in [-0.2, 0) is 6.54 Å². The summed E-state index contributed by atoms with van der Waals surface area (Å²) >= 11 is 11.7. The Kier molecular flexibility index (Phi) is 5.08. The fourth-order valence-corrected chi connectivity index (χ4v) is 2.98. The number of rotatable bonds is 3. The van der Waals surface area contributed by atoms with Gasteiger partial charge in [-0.15, -0.1) is 0 Å². The SMILES string of the molecule is Clc1nc(Cl)nc(N2CCCN(Cc3ccccc3)CC2)n1. The number of benzene rings is 1. The molecule has 1 aliphatic heterocycles. The molecule has 5 nitrogen and oxygen atoms in total. The lowest BCUT2D eigenvalue weighted by Gasteiger charge is -2.22. The predicted molar refractivity (Wildman–Crippen MR) is 88.4 cm³/mol. The molecule has 1 aromatic carbocycles. The number of anilines is 1. The Morgan fingerprint density at radius 1 is 0.864 bits per heavy atom. The van der Waals surface area contributed by atoms with Crippen molar-refractivity contribution >= 4 is 29.2 Å². The lowest BCUT2D eigenvalue weighted by atomic mass is 10.2. The van der Waals surface area contributed by atoms with E-state index in [2.05, 4.69) is 49.0 Å². The van der Waals surface area contributed by atoms with E-state index in [-0.39, 0.29) is 10.6 Å². The maximum Gasteiger partial charge on any atom is 0.231 e. The molecule has 0 aliphatic carbocycles. The average molecular weight is 338 g/mol. The molecule has 1 fully saturated rings. The number of nitrogens with zero attached hydrogens (tertiary/aromatic N) is 5. The van der Waals surface area contributed by atoms with Crippen molar-refractivity contribution in [3.8, 4) is 0 Å². The van der Waals surface area contributed by atoms with E-state index < -0.39 is 0 Å². The minimum Gasteiger partial charge on any atom is -0.339 e. The highest BCUT2D eigenvalue weighted by Crippen LogP contribution is 2.16. The molecule has 0 radical (unpaired) electrons. The zero-order valence-corrected chi connectivity index (χ0v) is 13.6. The molecule has 7 heteroatoms. The van der Waals surface area contributed by atoms with Crippen LogP contribution in [0.2, 0.25) is 10.6 Å².